The molecule has 0 spiro atoms. The summed E-state index contributed by atoms with van der Waals surface area (Å²) in [6.45, 7) is 0. The van der Waals surface area contributed by atoms with Crippen LogP contribution in [0.25, 0.3) is 21.8 Å². The van der Waals surface area contributed by atoms with Crippen LogP contribution >= 0.6 is 0 Å². The van der Waals surface area contributed by atoms with Gasteiger partial charge in [-0.25, -0.2) is 4.79 Å². The van der Waals surface area contributed by atoms with Gasteiger partial charge in [0.2, 0.25) is 0 Å². The maximum atomic E-state index is 11.0. The lowest BCUT2D eigenvalue weighted by atomic mass is 10.1. The summed E-state index contributed by atoms with van der Waals surface area (Å²) in [5.74, 6) is -1.33. The number of benzene rings is 2. The third-order valence-corrected chi connectivity index (χ3v) is 3.26. The number of aromatic carboxylic acids is 1. The molecule has 4 heteroatoms. The number of hydrogen-bond donors (Lipinski definition) is 2. The highest BCUT2D eigenvalue weighted by Gasteiger charge is 2.15. The summed E-state index contributed by atoms with van der Waals surface area (Å²) in [5.41, 5.74) is 1.73. The van der Waals surface area contributed by atoms with E-state index in [1.807, 2.05) is 35.9 Å². The zero-order valence-electron chi connectivity index (χ0n) is 9.71. The van der Waals surface area contributed by atoms with Crippen molar-refractivity contribution < 1.29 is 15.0 Å². The van der Waals surface area contributed by atoms with Crippen LogP contribution < -0.4 is 0 Å². The number of aryl methyl sites for hydroxylation is 1. The van der Waals surface area contributed by atoms with E-state index in [9.17, 15) is 9.90 Å². The maximum Gasteiger partial charge on any atom is 0.339 e. The van der Waals surface area contributed by atoms with Crippen molar-refractivity contribution in [2.75, 3.05) is 0 Å². The second kappa shape index (κ2) is 3.50. The van der Waals surface area contributed by atoms with Crippen molar-refractivity contribution in [2.45, 2.75) is 0 Å². The zero-order valence-corrected chi connectivity index (χ0v) is 9.71. The van der Waals surface area contributed by atoms with Gasteiger partial charge in [0.05, 0.1) is 0 Å². The molecule has 0 bridgehead atoms. The Labute approximate surface area is 103 Å². The number of hydrogen-bond acceptors (Lipinski definition) is 2. The fourth-order valence-corrected chi connectivity index (χ4v) is 2.36. The smallest absolute Gasteiger partial charge is 0.339 e. The zero-order chi connectivity index (χ0) is 12.9. The summed E-state index contributed by atoms with van der Waals surface area (Å²) < 4.78 is 1.93. The molecule has 0 fully saturated rings. The van der Waals surface area contributed by atoms with Gasteiger partial charge in [-0.2, -0.15) is 0 Å². The molecule has 90 valence electrons. The van der Waals surface area contributed by atoms with Crippen molar-refractivity contribution in [3.63, 3.8) is 0 Å². The average Bonchev–Trinajstić information content (AvgIpc) is 2.62. The summed E-state index contributed by atoms with van der Waals surface area (Å²) in [7, 11) is 1.88. The molecule has 0 aliphatic rings. The maximum absolute atomic E-state index is 11.0. The Morgan fingerprint density at radius 3 is 2.56 bits per heavy atom. The second-order valence-corrected chi connectivity index (χ2v) is 4.27. The lowest BCUT2D eigenvalue weighted by Gasteiger charge is -2.01. The highest BCUT2D eigenvalue weighted by molar-refractivity contribution is 6.10. The summed E-state index contributed by atoms with van der Waals surface area (Å²) in [6.07, 6.45) is 0. The lowest BCUT2D eigenvalue weighted by Crippen LogP contribution is -1.97. The molecule has 0 unspecified atom stereocenters. The van der Waals surface area contributed by atoms with Crippen molar-refractivity contribution in [3.05, 3.63) is 42.0 Å². The molecule has 0 saturated heterocycles. The number of aromatic hydroxyl groups is 1. The third kappa shape index (κ3) is 1.29. The number of carboxylic acid groups (broad SMARTS) is 1. The van der Waals surface area contributed by atoms with Crippen LogP contribution in [-0.4, -0.2) is 20.7 Å². The van der Waals surface area contributed by atoms with E-state index in [1.165, 1.54) is 12.1 Å². The Balaban J connectivity index is 2.53. The van der Waals surface area contributed by atoms with Gasteiger partial charge < -0.3 is 14.8 Å². The average molecular weight is 241 g/mol. The Morgan fingerprint density at radius 1 is 1.11 bits per heavy atom. The van der Waals surface area contributed by atoms with Crippen molar-refractivity contribution in [1.82, 2.24) is 4.57 Å². The van der Waals surface area contributed by atoms with Gasteiger partial charge in [0, 0.05) is 28.9 Å². The lowest BCUT2D eigenvalue weighted by molar-refractivity contribution is 0.0694. The number of aromatic nitrogens is 1. The van der Waals surface area contributed by atoms with Crippen LogP contribution in [0, 0.1) is 0 Å². The first-order chi connectivity index (χ1) is 8.59. The van der Waals surface area contributed by atoms with E-state index in [0.717, 1.165) is 21.8 Å². The Kier molecular flexibility index (Phi) is 2.07. The van der Waals surface area contributed by atoms with E-state index in [2.05, 4.69) is 0 Å². The molecule has 0 amide bonds. The number of carbonyl (C=O) groups is 1. The molecule has 2 N–H and O–H groups in total. The van der Waals surface area contributed by atoms with E-state index < -0.39 is 5.97 Å². The molecule has 3 rings (SSSR count). The number of para-hydroxylation sites is 1. The van der Waals surface area contributed by atoms with Gasteiger partial charge in [0.15, 0.2) is 0 Å². The second-order valence-electron chi connectivity index (χ2n) is 4.27. The minimum atomic E-state index is -1.13. The molecule has 0 saturated carbocycles. The largest absolute Gasteiger partial charge is 0.507 e. The molecular weight excluding hydrogens is 230 g/mol. The number of phenols is 1. The van der Waals surface area contributed by atoms with Gasteiger partial charge in [0.1, 0.15) is 11.3 Å². The molecular formula is C14H11NO3. The topological polar surface area (TPSA) is 62.5 Å². The molecule has 18 heavy (non-hydrogen) atoms. The molecule has 4 nitrogen and oxygen atoms in total. The van der Waals surface area contributed by atoms with E-state index in [0.29, 0.717) is 0 Å². The van der Waals surface area contributed by atoms with Crippen LogP contribution in [0.5, 0.6) is 5.75 Å². The van der Waals surface area contributed by atoms with Crippen LogP contribution in [0.15, 0.2) is 36.4 Å². The van der Waals surface area contributed by atoms with E-state index in [-0.39, 0.29) is 11.3 Å². The van der Waals surface area contributed by atoms with Crippen LogP contribution in [-0.2, 0) is 7.05 Å². The quantitative estimate of drug-likeness (QED) is 0.688. The van der Waals surface area contributed by atoms with Crippen LogP contribution in [0.2, 0.25) is 0 Å². The van der Waals surface area contributed by atoms with Gasteiger partial charge in [0.25, 0.3) is 0 Å². The number of nitrogens with zero attached hydrogens (tertiary/aromatic N) is 1. The predicted molar refractivity (Wildman–Crippen MR) is 69.0 cm³/mol. The highest BCUT2D eigenvalue weighted by atomic mass is 16.4. The summed E-state index contributed by atoms with van der Waals surface area (Å²) in [4.78, 5) is 11.0. The van der Waals surface area contributed by atoms with Gasteiger partial charge in [-0.05, 0) is 18.2 Å². The molecule has 1 heterocycles. The Hall–Kier alpha value is -2.49. The summed E-state index contributed by atoms with van der Waals surface area (Å²) in [6, 6.07) is 10.8. The Morgan fingerprint density at radius 2 is 1.83 bits per heavy atom. The van der Waals surface area contributed by atoms with Crippen molar-refractivity contribution in [3.8, 4) is 5.75 Å². The Bertz CT molecular complexity index is 786. The van der Waals surface area contributed by atoms with Gasteiger partial charge in [-0.1, -0.05) is 18.2 Å². The first-order valence-electron chi connectivity index (χ1n) is 5.53. The summed E-state index contributed by atoms with van der Waals surface area (Å²) in [5, 5.41) is 20.6. The number of rotatable bonds is 1. The number of fused-ring (bicyclic) bond motifs is 3. The van der Waals surface area contributed by atoms with E-state index >= 15 is 0 Å². The monoisotopic (exact) mass is 241 g/mol. The molecule has 3 aromatic rings. The van der Waals surface area contributed by atoms with Crippen molar-refractivity contribution in [2.24, 2.45) is 7.05 Å². The highest BCUT2D eigenvalue weighted by Crippen LogP contribution is 2.32. The molecule has 0 aliphatic heterocycles. The SMILES string of the molecule is Cn1c2ccccc2c2cc(O)c(C(=O)O)cc21. The fraction of sp³-hybridized carbons (Fsp3) is 0.0714. The van der Waals surface area contributed by atoms with Crippen molar-refractivity contribution >= 4 is 27.8 Å². The van der Waals surface area contributed by atoms with E-state index in [4.69, 9.17) is 5.11 Å². The molecule has 2 aromatic carbocycles. The van der Waals surface area contributed by atoms with Crippen LogP contribution in [0.3, 0.4) is 0 Å². The van der Waals surface area contributed by atoms with Crippen LogP contribution in [0.4, 0.5) is 0 Å². The standard InChI is InChI=1S/C14H11NO3/c1-15-11-5-3-2-4-8(11)9-7-13(16)10(14(17)18)6-12(9)15/h2-7,16H,1H3,(H,17,18). The van der Waals surface area contributed by atoms with Crippen molar-refractivity contribution in [1.29, 1.82) is 0 Å². The minimum Gasteiger partial charge on any atom is -0.507 e. The van der Waals surface area contributed by atoms with Gasteiger partial charge in [-0.15, -0.1) is 0 Å². The van der Waals surface area contributed by atoms with Gasteiger partial charge in [-0.3, -0.25) is 0 Å². The first kappa shape index (κ1) is 10.7. The van der Waals surface area contributed by atoms with Gasteiger partial charge >= 0.3 is 5.97 Å². The number of carboxylic acids is 1. The van der Waals surface area contributed by atoms with Crippen LogP contribution in [0.1, 0.15) is 10.4 Å². The molecule has 0 aliphatic carbocycles. The fourth-order valence-electron chi connectivity index (χ4n) is 2.36. The molecule has 0 radical (unpaired) electrons. The first-order valence-corrected chi connectivity index (χ1v) is 5.53. The third-order valence-electron chi connectivity index (χ3n) is 3.26. The minimum absolute atomic E-state index is 0.0755. The predicted octanol–water partition coefficient (Wildman–Crippen LogP) is 2.74. The van der Waals surface area contributed by atoms with E-state index in [1.54, 1.807) is 0 Å². The molecule has 1 aromatic heterocycles. The molecule has 0 atom stereocenters. The summed E-state index contributed by atoms with van der Waals surface area (Å²) >= 11 is 0. The normalized spacial score (nSPS) is 11.2.